The highest BCUT2D eigenvalue weighted by molar-refractivity contribution is 6.15. The van der Waals surface area contributed by atoms with Crippen molar-refractivity contribution in [2.45, 2.75) is 0 Å². The normalized spacial score (nSPS) is 11.9. The minimum absolute atomic E-state index is 0.920. The molecule has 0 unspecified atom stereocenters. The Labute approximate surface area is 207 Å². The summed E-state index contributed by atoms with van der Waals surface area (Å²) in [4.78, 5) is 3.72. The van der Waals surface area contributed by atoms with Crippen molar-refractivity contribution in [3.63, 3.8) is 0 Å². The second-order valence-corrected chi connectivity index (χ2v) is 9.49. The molecule has 0 fully saturated rings. The third kappa shape index (κ3) is 2.85. The second kappa shape index (κ2) is 7.34. The van der Waals surface area contributed by atoms with Gasteiger partial charge in [0.25, 0.3) is 0 Å². The molecule has 0 saturated heterocycles. The molecule has 0 bridgehead atoms. The van der Waals surface area contributed by atoms with Gasteiger partial charge in [-0.1, -0.05) is 84.9 Å². The maximum Gasteiger partial charge on any atom is 0.136 e. The van der Waals surface area contributed by atoms with Crippen LogP contribution in [0.2, 0.25) is 0 Å². The number of H-pyrrole nitrogens is 1. The van der Waals surface area contributed by atoms with E-state index in [1.807, 2.05) is 12.1 Å². The number of para-hydroxylation sites is 2. The molecule has 0 amide bonds. The van der Waals surface area contributed by atoms with Gasteiger partial charge in [-0.15, -0.1) is 0 Å². The van der Waals surface area contributed by atoms with Gasteiger partial charge in [0.2, 0.25) is 0 Å². The van der Waals surface area contributed by atoms with Crippen LogP contribution in [0.4, 0.5) is 0 Å². The first-order valence-electron chi connectivity index (χ1n) is 12.3. The van der Waals surface area contributed by atoms with Gasteiger partial charge in [-0.3, -0.25) is 0 Å². The van der Waals surface area contributed by atoms with Crippen LogP contribution in [-0.2, 0) is 0 Å². The van der Waals surface area contributed by atoms with Crippen molar-refractivity contribution < 1.29 is 4.42 Å². The van der Waals surface area contributed by atoms with E-state index in [1.165, 1.54) is 49.3 Å². The van der Waals surface area contributed by atoms with Crippen LogP contribution in [0, 0.1) is 0 Å². The fraction of sp³-hybridized carbons (Fsp3) is 0. The third-order valence-electron chi connectivity index (χ3n) is 7.39. The van der Waals surface area contributed by atoms with Crippen molar-refractivity contribution in [1.82, 2.24) is 4.98 Å². The molecule has 168 valence electrons. The van der Waals surface area contributed by atoms with E-state index in [2.05, 4.69) is 114 Å². The summed E-state index contributed by atoms with van der Waals surface area (Å²) in [7, 11) is 0. The number of aromatic amines is 1. The lowest BCUT2D eigenvalue weighted by Gasteiger charge is -2.08. The van der Waals surface area contributed by atoms with Crippen LogP contribution in [0.1, 0.15) is 0 Å². The van der Waals surface area contributed by atoms with Crippen LogP contribution >= 0.6 is 0 Å². The summed E-state index contributed by atoms with van der Waals surface area (Å²) in [5.41, 5.74) is 8.92. The molecule has 2 heterocycles. The molecule has 2 nitrogen and oxygen atoms in total. The predicted molar refractivity (Wildman–Crippen MR) is 151 cm³/mol. The average Bonchev–Trinajstić information content (AvgIpc) is 3.49. The lowest BCUT2D eigenvalue weighted by atomic mass is 9.97. The summed E-state index contributed by atoms with van der Waals surface area (Å²) >= 11 is 0. The first-order chi connectivity index (χ1) is 17.8. The van der Waals surface area contributed by atoms with Crippen molar-refractivity contribution in [3.8, 4) is 22.3 Å². The molecule has 8 rings (SSSR count). The summed E-state index contributed by atoms with van der Waals surface area (Å²) in [5.74, 6) is 0. The zero-order valence-corrected chi connectivity index (χ0v) is 19.5. The Hall–Kier alpha value is -4.82. The zero-order valence-electron chi connectivity index (χ0n) is 19.5. The molecule has 1 N–H and O–H groups in total. The number of hydrogen-bond acceptors (Lipinski definition) is 1. The Bertz CT molecular complexity index is 2110. The molecule has 0 radical (unpaired) electrons. The first kappa shape index (κ1) is 19.5. The molecule has 0 aliphatic heterocycles. The Kier molecular flexibility index (Phi) is 3.97. The smallest absolute Gasteiger partial charge is 0.136 e. The van der Waals surface area contributed by atoms with E-state index in [1.54, 1.807) is 0 Å². The molecule has 0 spiro atoms. The van der Waals surface area contributed by atoms with Gasteiger partial charge < -0.3 is 9.40 Å². The number of benzene rings is 6. The highest BCUT2D eigenvalue weighted by atomic mass is 16.3. The van der Waals surface area contributed by atoms with Gasteiger partial charge in [-0.05, 0) is 63.9 Å². The summed E-state index contributed by atoms with van der Waals surface area (Å²) in [5, 5.41) is 7.34. The van der Waals surface area contributed by atoms with Gasteiger partial charge in [0.05, 0.1) is 5.52 Å². The van der Waals surface area contributed by atoms with Crippen LogP contribution < -0.4 is 0 Å². The highest BCUT2D eigenvalue weighted by Crippen LogP contribution is 2.37. The molecule has 6 aromatic carbocycles. The highest BCUT2D eigenvalue weighted by Gasteiger charge is 2.12. The Morgan fingerprint density at radius 3 is 2.11 bits per heavy atom. The van der Waals surface area contributed by atoms with Crippen LogP contribution in [0.3, 0.4) is 0 Å². The quantitative estimate of drug-likeness (QED) is 0.274. The van der Waals surface area contributed by atoms with Gasteiger partial charge in [-0.25, -0.2) is 0 Å². The van der Waals surface area contributed by atoms with Crippen molar-refractivity contribution >= 4 is 54.5 Å². The largest absolute Gasteiger partial charge is 0.456 e. The molecule has 0 atom stereocenters. The lowest BCUT2D eigenvalue weighted by Crippen LogP contribution is -1.83. The van der Waals surface area contributed by atoms with Crippen molar-refractivity contribution in [1.29, 1.82) is 0 Å². The standard InChI is InChI=1S/C34H21NO/c1-2-8-23-19-31-30(18-22(23)7-1)29-13-6-12-26(34(29)35-31)25-10-5-9-21(17-25)24-15-16-28-27-11-3-4-14-32(27)36-33(28)20-24/h1-20,35H. The second-order valence-electron chi connectivity index (χ2n) is 9.49. The number of fused-ring (bicyclic) bond motifs is 7. The van der Waals surface area contributed by atoms with Crippen LogP contribution in [0.25, 0.3) is 76.8 Å². The van der Waals surface area contributed by atoms with E-state index in [-0.39, 0.29) is 0 Å². The molecule has 0 saturated carbocycles. The van der Waals surface area contributed by atoms with E-state index in [0.717, 1.165) is 27.5 Å². The van der Waals surface area contributed by atoms with Gasteiger partial charge >= 0.3 is 0 Å². The third-order valence-corrected chi connectivity index (χ3v) is 7.39. The maximum atomic E-state index is 6.15. The number of rotatable bonds is 2. The Balaban J connectivity index is 1.29. The lowest BCUT2D eigenvalue weighted by molar-refractivity contribution is 0.669. The SMILES string of the molecule is c1cc(-c2ccc3c(c2)oc2ccccc23)cc(-c2cccc3c2[nH]c2cc4ccccc4cc23)c1. The van der Waals surface area contributed by atoms with Gasteiger partial charge in [0.1, 0.15) is 11.2 Å². The number of furan rings is 1. The molecule has 36 heavy (non-hydrogen) atoms. The summed E-state index contributed by atoms with van der Waals surface area (Å²) in [6, 6.07) is 43.2. The molecular formula is C34H21NO. The number of hydrogen-bond donors (Lipinski definition) is 1. The predicted octanol–water partition coefficient (Wildman–Crippen LogP) is 9.71. The average molecular weight is 460 g/mol. The van der Waals surface area contributed by atoms with Crippen molar-refractivity contribution in [2.75, 3.05) is 0 Å². The molecule has 8 aromatic rings. The summed E-state index contributed by atoms with van der Waals surface area (Å²) < 4.78 is 6.15. The Morgan fingerprint density at radius 2 is 1.17 bits per heavy atom. The molecule has 2 aromatic heterocycles. The van der Waals surface area contributed by atoms with Crippen molar-refractivity contribution in [2.24, 2.45) is 0 Å². The van der Waals surface area contributed by atoms with E-state index in [9.17, 15) is 0 Å². The Morgan fingerprint density at radius 1 is 0.444 bits per heavy atom. The fourth-order valence-electron chi connectivity index (χ4n) is 5.62. The number of aromatic nitrogens is 1. The molecular weight excluding hydrogens is 438 g/mol. The monoisotopic (exact) mass is 459 g/mol. The van der Waals surface area contributed by atoms with Gasteiger partial charge in [0.15, 0.2) is 0 Å². The molecule has 0 aliphatic rings. The minimum Gasteiger partial charge on any atom is -0.456 e. The van der Waals surface area contributed by atoms with Crippen molar-refractivity contribution in [3.05, 3.63) is 121 Å². The van der Waals surface area contributed by atoms with Crippen LogP contribution in [0.5, 0.6) is 0 Å². The van der Waals surface area contributed by atoms with Gasteiger partial charge in [-0.2, -0.15) is 0 Å². The van der Waals surface area contributed by atoms with E-state index >= 15 is 0 Å². The topological polar surface area (TPSA) is 28.9 Å². The summed E-state index contributed by atoms with van der Waals surface area (Å²) in [6.45, 7) is 0. The van der Waals surface area contributed by atoms with E-state index in [4.69, 9.17) is 4.42 Å². The van der Waals surface area contributed by atoms with E-state index < -0.39 is 0 Å². The van der Waals surface area contributed by atoms with E-state index in [0.29, 0.717) is 0 Å². The first-order valence-corrected chi connectivity index (χ1v) is 12.3. The molecule has 0 aliphatic carbocycles. The fourth-order valence-corrected chi connectivity index (χ4v) is 5.62. The summed E-state index contributed by atoms with van der Waals surface area (Å²) in [6.07, 6.45) is 0. The van der Waals surface area contributed by atoms with Gasteiger partial charge in [0, 0.05) is 32.6 Å². The molecule has 2 heteroatoms. The minimum atomic E-state index is 0.920. The maximum absolute atomic E-state index is 6.15. The van der Waals surface area contributed by atoms with Crippen LogP contribution in [-0.4, -0.2) is 4.98 Å². The number of nitrogens with one attached hydrogen (secondary N) is 1. The zero-order chi connectivity index (χ0) is 23.6. The van der Waals surface area contributed by atoms with Crippen LogP contribution in [0.15, 0.2) is 126 Å².